The number of amides is 1. The molecule has 2 N–H and O–H groups in total. The lowest BCUT2D eigenvalue weighted by Crippen LogP contribution is -2.26. The summed E-state index contributed by atoms with van der Waals surface area (Å²) in [4.78, 5) is 20.6. The van der Waals surface area contributed by atoms with Gasteiger partial charge >= 0.3 is 0 Å². The van der Waals surface area contributed by atoms with Crippen LogP contribution in [-0.4, -0.2) is 27.5 Å². The zero-order chi connectivity index (χ0) is 15.4. The Morgan fingerprint density at radius 1 is 1.05 bits per heavy atom. The van der Waals surface area contributed by atoms with E-state index in [4.69, 9.17) is 0 Å². The number of carbonyl (C=O) groups is 1. The first kappa shape index (κ1) is 14.0. The van der Waals surface area contributed by atoms with Crippen LogP contribution in [0.3, 0.4) is 0 Å². The van der Waals surface area contributed by atoms with Gasteiger partial charge in [0.15, 0.2) is 0 Å². The highest BCUT2D eigenvalue weighted by atomic mass is 16.3. The molecule has 0 aliphatic carbocycles. The maximum Gasteiger partial charge on any atom is 0.271 e. The maximum atomic E-state index is 12.1. The molecule has 0 radical (unpaired) electrons. The smallest absolute Gasteiger partial charge is 0.271 e. The van der Waals surface area contributed by atoms with E-state index in [-0.39, 0.29) is 17.4 Å². The largest absolute Gasteiger partial charge is 0.508 e. The molecule has 0 aliphatic rings. The van der Waals surface area contributed by atoms with Crippen LogP contribution in [0.1, 0.15) is 16.1 Å². The number of benzene rings is 2. The topological polar surface area (TPSA) is 75.1 Å². The summed E-state index contributed by atoms with van der Waals surface area (Å²) in [6.07, 6.45) is 2.02. The molecule has 5 heteroatoms. The van der Waals surface area contributed by atoms with Gasteiger partial charge in [0.1, 0.15) is 11.4 Å². The number of fused-ring (bicyclic) bond motifs is 1. The van der Waals surface area contributed by atoms with Gasteiger partial charge in [0.05, 0.1) is 17.2 Å². The number of carbonyl (C=O) groups excluding carboxylic acids is 1. The molecule has 0 saturated heterocycles. The first-order chi connectivity index (χ1) is 10.7. The standard InChI is InChI=1S/C17H15N3O2/c21-16-8-4-1-5-12(16)9-10-18-17(22)15-11-19-13-6-2-3-7-14(13)20-15/h1-8,11,21H,9-10H2,(H,18,22). The van der Waals surface area contributed by atoms with E-state index in [2.05, 4.69) is 15.3 Å². The van der Waals surface area contributed by atoms with Gasteiger partial charge in [-0.1, -0.05) is 30.3 Å². The summed E-state index contributed by atoms with van der Waals surface area (Å²) >= 11 is 0. The minimum absolute atomic E-state index is 0.238. The molecule has 0 aliphatic heterocycles. The molecule has 22 heavy (non-hydrogen) atoms. The molecule has 2 aromatic carbocycles. The predicted molar refractivity (Wildman–Crippen MR) is 83.7 cm³/mol. The van der Waals surface area contributed by atoms with Crippen molar-refractivity contribution in [2.24, 2.45) is 0 Å². The van der Waals surface area contributed by atoms with E-state index in [0.717, 1.165) is 11.1 Å². The van der Waals surface area contributed by atoms with Gasteiger partial charge in [-0.05, 0) is 30.2 Å². The molecule has 0 fully saturated rings. The van der Waals surface area contributed by atoms with E-state index >= 15 is 0 Å². The number of hydrogen-bond donors (Lipinski definition) is 2. The Morgan fingerprint density at radius 3 is 2.59 bits per heavy atom. The van der Waals surface area contributed by atoms with Crippen molar-refractivity contribution in [3.63, 3.8) is 0 Å². The number of para-hydroxylation sites is 3. The Labute approximate surface area is 127 Å². The Bertz CT molecular complexity index is 818. The Hall–Kier alpha value is -2.95. The second kappa shape index (κ2) is 6.22. The van der Waals surface area contributed by atoms with Gasteiger partial charge in [-0.15, -0.1) is 0 Å². The van der Waals surface area contributed by atoms with Crippen LogP contribution in [0.5, 0.6) is 5.75 Å². The summed E-state index contributed by atoms with van der Waals surface area (Å²) in [5.74, 6) is -0.0316. The average molecular weight is 293 g/mol. The predicted octanol–water partition coefficient (Wildman–Crippen LogP) is 2.31. The van der Waals surface area contributed by atoms with Crippen LogP contribution >= 0.6 is 0 Å². The van der Waals surface area contributed by atoms with Crippen LogP contribution in [0, 0.1) is 0 Å². The Balaban J connectivity index is 1.65. The van der Waals surface area contributed by atoms with Gasteiger partial charge < -0.3 is 10.4 Å². The summed E-state index contributed by atoms with van der Waals surface area (Å²) in [5, 5.41) is 12.5. The summed E-state index contributed by atoms with van der Waals surface area (Å²) < 4.78 is 0. The molecule has 1 heterocycles. The number of phenolic OH excluding ortho intramolecular Hbond substituents is 1. The van der Waals surface area contributed by atoms with Gasteiger partial charge in [-0.2, -0.15) is 0 Å². The van der Waals surface area contributed by atoms with E-state index in [1.54, 1.807) is 12.1 Å². The van der Waals surface area contributed by atoms with Gasteiger partial charge in [-0.25, -0.2) is 4.98 Å². The van der Waals surface area contributed by atoms with Gasteiger partial charge in [0.2, 0.25) is 0 Å². The van der Waals surface area contributed by atoms with E-state index in [1.165, 1.54) is 6.20 Å². The Kier molecular flexibility index (Phi) is 3.96. The van der Waals surface area contributed by atoms with Crippen LogP contribution in [0.15, 0.2) is 54.7 Å². The van der Waals surface area contributed by atoms with Gasteiger partial charge in [-0.3, -0.25) is 9.78 Å². The van der Waals surface area contributed by atoms with E-state index in [1.807, 2.05) is 36.4 Å². The number of hydrogen-bond acceptors (Lipinski definition) is 4. The lowest BCUT2D eigenvalue weighted by atomic mass is 10.1. The molecule has 5 nitrogen and oxygen atoms in total. The summed E-state index contributed by atoms with van der Waals surface area (Å²) in [6.45, 7) is 0.422. The highest BCUT2D eigenvalue weighted by Crippen LogP contribution is 2.15. The molecule has 0 saturated carbocycles. The highest BCUT2D eigenvalue weighted by Gasteiger charge is 2.09. The lowest BCUT2D eigenvalue weighted by molar-refractivity contribution is 0.0949. The average Bonchev–Trinajstić information content (AvgIpc) is 2.56. The van der Waals surface area contributed by atoms with Crippen LogP contribution in [0.2, 0.25) is 0 Å². The fourth-order valence-corrected chi connectivity index (χ4v) is 2.19. The van der Waals surface area contributed by atoms with Crippen molar-refractivity contribution in [3.8, 4) is 5.75 Å². The second-order valence-corrected chi connectivity index (χ2v) is 4.88. The van der Waals surface area contributed by atoms with Crippen LogP contribution in [-0.2, 0) is 6.42 Å². The van der Waals surface area contributed by atoms with Crippen molar-refractivity contribution in [2.75, 3.05) is 6.54 Å². The zero-order valence-corrected chi connectivity index (χ0v) is 11.9. The zero-order valence-electron chi connectivity index (χ0n) is 11.9. The number of phenols is 1. The Morgan fingerprint density at radius 2 is 1.77 bits per heavy atom. The van der Waals surface area contributed by atoms with Crippen molar-refractivity contribution in [2.45, 2.75) is 6.42 Å². The monoisotopic (exact) mass is 293 g/mol. The third-order valence-corrected chi connectivity index (χ3v) is 3.35. The number of aromatic nitrogens is 2. The first-order valence-corrected chi connectivity index (χ1v) is 7.01. The number of rotatable bonds is 4. The lowest BCUT2D eigenvalue weighted by Gasteiger charge is -2.06. The van der Waals surface area contributed by atoms with E-state index in [0.29, 0.717) is 18.5 Å². The molecule has 3 aromatic rings. The molecule has 110 valence electrons. The molecular weight excluding hydrogens is 278 g/mol. The molecule has 0 atom stereocenters. The summed E-state index contributed by atoms with van der Waals surface area (Å²) in [7, 11) is 0. The first-order valence-electron chi connectivity index (χ1n) is 7.01. The van der Waals surface area contributed by atoms with Crippen LogP contribution in [0.25, 0.3) is 11.0 Å². The van der Waals surface area contributed by atoms with Crippen molar-refractivity contribution in [3.05, 3.63) is 66.0 Å². The third-order valence-electron chi connectivity index (χ3n) is 3.35. The minimum Gasteiger partial charge on any atom is -0.508 e. The SMILES string of the molecule is O=C(NCCc1ccccc1O)c1cnc2ccccc2n1. The van der Waals surface area contributed by atoms with Crippen molar-refractivity contribution >= 4 is 16.9 Å². The highest BCUT2D eigenvalue weighted by molar-refractivity contribution is 5.93. The number of aromatic hydroxyl groups is 1. The number of nitrogens with zero attached hydrogens (tertiary/aromatic N) is 2. The summed E-state index contributed by atoms with van der Waals surface area (Å²) in [6, 6.07) is 14.5. The quantitative estimate of drug-likeness (QED) is 0.774. The molecule has 0 unspecified atom stereocenters. The second-order valence-electron chi connectivity index (χ2n) is 4.88. The minimum atomic E-state index is -0.270. The van der Waals surface area contributed by atoms with Crippen LogP contribution in [0.4, 0.5) is 0 Å². The van der Waals surface area contributed by atoms with Crippen molar-refractivity contribution in [1.82, 2.24) is 15.3 Å². The van der Waals surface area contributed by atoms with Crippen LogP contribution < -0.4 is 5.32 Å². The molecular formula is C17H15N3O2. The maximum absolute atomic E-state index is 12.1. The molecule has 0 bridgehead atoms. The van der Waals surface area contributed by atoms with Crippen molar-refractivity contribution in [1.29, 1.82) is 0 Å². The number of nitrogens with one attached hydrogen (secondary N) is 1. The van der Waals surface area contributed by atoms with E-state index in [9.17, 15) is 9.90 Å². The third kappa shape index (κ3) is 3.03. The fraction of sp³-hybridized carbons (Fsp3) is 0.118. The molecule has 0 spiro atoms. The van der Waals surface area contributed by atoms with Gasteiger partial charge in [0, 0.05) is 6.54 Å². The van der Waals surface area contributed by atoms with Crippen molar-refractivity contribution < 1.29 is 9.90 Å². The van der Waals surface area contributed by atoms with E-state index < -0.39 is 0 Å². The molecule has 1 aromatic heterocycles. The summed E-state index contributed by atoms with van der Waals surface area (Å²) in [5.41, 5.74) is 2.53. The normalized spacial score (nSPS) is 10.5. The fourth-order valence-electron chi connectivity index (χ4n) is 2.19. The van der Waals surface area contributed by atoms with Gasteiger partial charge in [0.25, 0.3) is 5.91 Å². The molecule has 1 amide bonds. The molecule has 3 rings (SSSR count).